The molecule has 2 N–H and O–H groups in total. The summed E-state index contributed by atoms with van der Waals surface area (Å²) in [4.78, 5) is 13.7. The van der Waals surface area contributed by atoms with Gasteiger partial charge >= 0.3 is 5.97 Å². The summed E-state index contributed by atoms with van der Waals surface area (Å²) in [7, 11) is 0. The highest BCUT2D eigenvalue weighted by Crippen LogP contribution is 2.40. The Bertz CT molecular complexity index is 622. The van der Waals surface area contributed by atoms with Crippen LogP contribution in [0, 0.1) is 5.92 Å². The van der Waals surface area contributed by atoms with E-state index >= 15 is 0 Å². The van der Waals surface area contributed by atoms with E-state index in [0.29, 0.717) is 29.7 Å². The van der Waals surface area contributed by atoms with Crippen molar-refractivity contribution in [2.24, 2.45) is 5.92 Å². The van der Waals surface area contributed by atoms with Crippen molar-refractivity contribution in [2.45, 2.75) is 40.0 Å². The normalized spacial score (nSPS) is 16.4. The molecule has 0 spiro atoms. The van der Waals surface area contributed by atoms with Gasteiger partial charge in [-0.3, -0.25) is 0 Å². The molecule has 4 nitrogen and oxygen atoms in total. The SMILES string of the molecule is C=C(C)CNC(=S)Nc1sc2c(c1C(=O)OCC)CCC(C)C2. The fourth-order valence-electron chi connectivity index (χ4n) is 2.64. The Morgan fingerprint density at radius 1 is 1.52 bits per heavy atom. The van der Waals surface area contributed by atoms with E-state index in [-0.39, 0.29) is 5.97 Å². The van der Waals surface area contributed by atoms with Crippen molar-refractivity contribution in [1.29, 1.82) is 0 Å². The lowest BCUT2D eigenvalue weighted by Gasteiger charge is -2.18. The Balaban J connectivity index is 2.25. The molecule has 0 aliphatic heterocycles. The van der Waals surface area contributed by atoms with Gasteiger partial charge < -0.3 is 15.4 Å². The van der Waals surface area contributed by atoms with Gasteiger partial charge in [0.25, 0.3) is 0 Å². The number of esters is 1. The monoisotopic (exact) mass is 352 g/mol. The van der Waals surface area contributed by atoms with Gasteiger partial charge in [-0.05, 0) is 56.8 Å². The molecule has 0 fully saturated rings. The number of anilines is 1. The van der Waals surface area contributed by atoms with Crippen molar-refractivity contribution in [2.75, 3.05) is 18.5 Å². The van der Waals surface area contributed by atoms with Crippen LogP contribution in [0.3, 0.4) is 0 Å². The van der Waals surface area contributed by atoms with Gasteiger partial charge in [0.15, 0.2) is 5.11 Å². The summed E-state index contributed by atoms with van der Waals surface area (Å²) in [6.45, 7) is 10.8. The fraction of sp³-hybridized carbons (Fsp3) is 0.529. The molecule has 1 aliphatic rings. The molecule has 6 heteroatoms. The predicted molar refractivity (Wildman–Crippen MR) is 101 cm³/mol. The van der Waals surface area contributed by atoms with Gasteiger partial charge in [0, 0.05) is 11.4 Å². The van der Waals surface area contributed by atoms with Crippen molar-refractivity contribution in [1.82, 2.24) is 5.32 Å². The van der Waals surface area contributed by atoms with Crippen molar-refractivity contribution < 1.29 is 9.53 Å². The highest BCUT2D eigenvalue weighted by atomic mass is 32.1. The lowest BCUT2D eigenvalue weighted by molar-refractivity contribution is 0.0526. The van der Waals surface area contributed by atoms with Gasteiger partial charge in [-0.15, -0.1) is 11.3 Å². The van der Waals surface area contributed by atoms with Crippen LogP contribution in [-0.4, -0.2) is 24.2 Å². The molecular formula is C17H24N2O2S2. The van der Waals surface area contributed by atoms with Crippen LogP contribution in [0.4, 0.5) is 5.00 Å². The summed E-state index contributed by atoms with van der Waals surface area (Å²) in [5.74, 6) is 0.391. The quantitative estimate of drug-likeness (QED) is 0.478. The Morgan fingerprint density at radius 2 is 2.26 bits per heavy atom. The van der Waals surface area contributed by atoms with Crippen LogP contribution in [0.15, 0.2) is 12.2 Å². The Labute approximate surface area is 147 Å². The average Bonchev–Trinajstić information content (AvgIpc) is 2.82. The largest absolute Gasteiger partial charge is 0.462 e. The minimum absolute atomic E-state index is 0.259. The molecular weight excluding hydrogens is 328 g/mol. The van der Waals surface area contributed by atoms with E-state index in [9.17, 15) is 4.79 Å². The molecule has 126 valence electrons. The Hall–Kier alpha value is -1.40. The minimum Gasteiger partial charge on any atom is -0.462 e. The number of rotatable bonds is 5. The molecule has 0 radical (unpaired) electrons. The third-order valence-corrected chi connectivity index (χ3v) is 5.19. The maximum absolute atomic E-state index is 12.4. The topological polar surface area (TPSA) is 50.4 Å². The molecule has 23 heavy (non-hydrogen) atoms. The van der Waals surface area contributed by atoms with Crippen LogP contribution in [0.2, 0.25) is 0 Å². The third kappa shape index (κ3) is 4.54. The number of hydrogen-bond acceptors (Lipinski definition) is 4. The molecule has 0 saturated carbocycles. The second-order valence-electron chi connectivity index (χ2n) is 6.04. The van der Waals surface area contributed by atoms with Gasteiger partial charge in [-0.2, -0.15) is 0 Å². The van der Waals surface area contributed by atoms with E-state index in [2.05, 4.69) is 24.1 Å². The zero-order valence-electron chi connectivity index (χ0n) is 14.0. The summed E-state index contributed by atoms with van der Waals surface area (Å²) in [5.41, 5.74) is 2.80. The standard InChI is InChI=1S/C17H24N2O2S2/c1-5-21-16(20)14-12-7-6-11(4)8-13(12)23-15(14)19-17(22)18-9-10(2)3/h11H,2,5-9H2,1,3-4H3,(H2,18,19,22). The molecule has 0 bridgehead atoms. The van der Waals surface area contributed by atoms with Crippen LogP contribution in [0.5, 0.6) is 0 Å². The number of carbonyl (C=O) groups excluding carboxylic acids is 1. The van der Waals surface area contributed by atoms with E-state index < -0.39 is 0 Å². The Morgan fingerprint density at radius 3 is 2.91 bits per heavy atom. The first-order valence-electron chi connectivity index (χ1n) is 7.93. The molecule has 1 aromatic rings. The summed E-state index contributed by atoms with van der Waals surface area (Å²) >= 11 is 6.94. The smallest absolute Gasteiger partial charge is 0.341 e. The molecule has 1 atom stereocenters. The summed E-state index contributed by atoms with van der Waals surface area (Å²) in [6, 6.07) is 0. The summed E-state index contributed by atoms with van der Waals surface area (Å²) < 4.78 is 5.25. The van der Waals surface area contributed by atoms with Gasteiger partial charge in [-0.1, -0.05) is 19.1 Å². The van der Waals surface area contributed by atoms with E-state index in [1.807, 2.05) is 13.8 Å². The molecule has 1 heterocycles. The van der Waals surface area contributed by atoms with Crippen LogP contribution < -0.4 is 10.6 Å². The number of nitrogens with one attached hydrogen (secondary N) is 2. The highest BCUT2D eigenvalue weighted by molar-refractivity contribution is 7.80. The third-order valence-electron chi connectivity index (χ3n) is 3.77. The number of thiophene rings is 1. The van der Waals surface area contributed by atoms with Crippen molar-refractivity contribution in [3.8, 4) is 0 Å². The van der Waals surface area contributed by atoms with E-state index in [1.165, 1.54) is 4.88 Å². The second kappa shape index (κ2) is 7.93. The fourth-order valence-corrected chi connectivity index (χ4v) is 4.28. The maximum atomic E-state index is 12.4. The summed E-state index contributed by atoms with van der Waals surface area (Å²) in [5, 5.41) is 7.57. The predicted octanol–water partition coefficient (Wildman–Crippen LogP) is 3.91. The molecule has 1 aliphatic carbocycles. The first-order chi connectivity index (χ1) is 10.9. The molecule has 0 saturated heterocycles. The number of carbonyl (C=O) groups is 1. The van der Waals surface area contributed by atoms with Crippen LogP contribution in [-0.2, 0) is 17.6 Å². The number of ether oxygens (including phenoxy) is 1. The maximum Gasteiger partial charge on any atom is 0.341 e. The van der Waals surface area contributed by atoms with Gasteiger partial charge in [0.1, 0.15) is 5.00 Å². The van der Waals surface area contributed by atoms with Crippen LogP contribution >= 0.6 is 23.6 Å². The highest BCUT2D eigenvalue weighted by Gasteiger charge is 2.28. The number of fused-ring (bicyclic) bond motifs is 1. The molecule has 0 aromatic carbocycles. The second-order valence-corrected chi connectivity index (χ2v) is 7.55. The van der Waals surface area contributed by atoms with Crippen molar-refractivity contribution >= 4 is 39.6 Å². The molecule has 2 rings (SSSR count). The first-order valence-corrected chi connectivity index (χ1v) is 9.15. The van der Waals surface area contributed by atoms with Crippen LogP contribution in [0.1, 0.15) is 48.0 Å². The minimum atomic E-state index is -0.259. The van der Waals surface area contributed by atoms with E-state index in [1.54, 1.807) is 11.3 Å². The zero-order chi connectivity index (χ0) is 17.0. The van der Waals surface area contributed by atoms with E-state index in [4.69, 9.17) is 17.0 Å². The number of hydrogen-bond donors (Lipinski definition) is 2. The molecule has 0 amide bonds. The van der Waals surface area contributed by atoms with Crippen molar-refractivity contribution in [3.63, 3.8) is 0 Å². The number of thiocarbonyl (C=S) groups is 1. The van der Waals surface area contributed by atoms with Crippen LogP contribution in [0.25, 0.3) is 0 Å². The first kappa shape index (κ1) is 17.9. The van der Waals surface area contributed by atoms with Gasteiger partial charge in [0.2, 0.25) is 0 Å². The molecule has 1 aromatic heterocycles. The van der Waals surface area contributed by atoms with Crippen molar-refractivity contribution in [3.05, 3.63) is 28.2 Å². The van der Waals surface area contributed by atoms with E-state index in [0.717, 1.165) is 35.4 Å². The lowest BCUT2D eigenvalue weighted by Crippen LogP contribution is -2.30. The lowest BCUT2D eigenvalue weighted by atomic mass is 9.88. The Kier molecular flexibility index (Phi) is 6.18. The molecule has 1 unspecified atom stereocenters. The van der Waals surface area contributed by atoms with Gasteiger partial charge in [-0.25, -0.2) is 4.79 Å². The average molecular weight is 353 g/mol. The zero-order valence-corrected chi connectivity index (χ0v) is 15.6. The van der Waals surface area contributed by atoms with Gasteiger partial charge in [0.05, 0.1) is 12.2 Å². The summed E-state index contributed by atoms with van der Waals surface area (Å²) in [6.07, 6.45) is 3.04.